The van der Waals surface area contributed by atoms with E-state index in [1.807, 2.05) is 24.3 Å². The summed E-state index contributed by atoms with van der Waals surface area (Å²) < 4.78 is 1.58. The quantitative estimate of drug-likeness (QED) is 0.754. The van der Waals surface area contributed by atoms with Crippen LogP contribution >= 0.6 is 11.3 Å². The van der Waals surface area contributed by atoms with Gasteiger partial charge in [0.25, 0.3) is 5.91 Å². The monoisotopic (exact) mass is 273 g/mol. The Hall–Kier alpha value is -2.25. The number of hydrogen-bond donors (Lipinski definition) is 2. The second kappa shape index (κ2) is 4.79. The van der Waals surface area contributed by atoms with Crippen LogP contribution in [0.3, 0.4) is 0 Å². The summed E-state index contributed by atoms with van der Waals surface area (Å²) in [6.45, 7) is 0.339. The van der Waals surface area contributed by atoms with E-state index in [0.717, 1.165) is 16.0 Å². The molecule has 0 atom stereocenters. The van der Waals surface area contributed by atoms with E-state index in [1.165, 1.54) is 11.3 Å². The number of nitrogens with two attached hydrogens (primary N) is 1. The Morgan fingerprint density at radius 3 is 3.05 bits per heavy atom. The number of imidazole rings is 1. The average Bonchev–Trinajstić information content (AvgIpc) is 3.06. The van der Waals surface area contributed by atoms with Crippen LogP contribution in [0.25, 0.3) is 11.0 Å². The summed E-state index contributed by atoms with van der Waals surface area (Å²) >= 11 is 1.37. The third-order valence-corrected chi connectivity index (χ3v) is 3.51. The first-order valence-electron chi connectivity index (χ1n) is 5.66. The van der Waals surface area contributed by atoms with Gasteiger partial charge in [0, 0.05) is 11.9 Å². The maximum atomic E-state index is 12.0. The van der Waals surface area contributed by atoms with Gasteiger partial charge in [-0.1, -0.05) is 12.1 Å². The molecule has 96 valence electrons. The summed E-state index contributed by atoms with van der Waals surface area (Å²) in [6, 6.07) is 7.56. The average molecular weight is 273 g/mol. The Morgan fingerprint density at radius 1 is 1.42 bits per heavy atom. The van der Waals surface area contributed by atoms with Gasteiger partial charge in [-0.3, -0.25) is 10.2 Å². The summed E-state index contributed by atoms with van der Waals surface area (Å²) in [5, 5.41) is 2.43. The molecular formula is C12H11N5OS. The van der Waals surface area contributed by atoms with Crippen molar-refractivity contribution in [1.82, 2.24) is 14.6 Å². The number of para-hydroxylation sites is 2. The lowest BCUT2D eigenvalue weighted by atomic mass is 10.3. The van der Waals surface area contributed by atoms with E-state index < -0.39 is 0 Å². The minimum absolute atomic E-state index is 0.279. The first kappa shape index (κ1) is 11.8. The second-order valence-electron chi connectivity index (χ2n) is 3.87. The SMILES string of the molecule is NCc1nc(C(=O)Nn2cnc3ccccc32)cs1. The van der Waals surface area contributed by atoms with Crippen molar-refractivity contribution < 1.29 is 4.79 Å². The van der Waals surface area contributed by atoms with Crippen molar-refractivity contribution in [3.05, 3.63) is 46.7 Å². The molecule has 0 bridgehead atoms. The van der Waals surface area contributed by atoms with Crippen molar-refractivity contribution in [2.45, 2.75) is 6.54 Å². The fraction of sp³-hybridized carbons (Fsp3) is 0.0833. The number of fused-ring (bicyclic) bond motifs is 1. The summed E-state index contributed by atoms with van der Waals surface area (Å²) in [5.41, 5.74) is 10.2. The predicted octanol–water partition coefficient (Wildman–Crippen LogP) is 1.34. The number of hydrogen-bond acceptors (Lipinski definition) is 5. The summed E-state index contributed by atoms with van der Waals surface area (Å²) in [5.74, 6) is -0.279. The van der Waals surface area contributed by atoms with Gasteiger partial charge in [0.05, 0.1) is 11.0 Å². The van der Waals surface area contributed by atoms with E-state index in [0.29, 0.717) is 12.2 Å². The van der Waals surface area contributed by atoms with Crippen LogP contribution in [0.2, 0.25) is 0 Å². The third kappa shape index (κ3) is 2.20. The van der Waals surface area contributed by atoms with E-state index in [1.54, 1.807) is 16.4 Å². The lowest BCUT2D eigenvalue weighted by Gasteiger charge is -2.04. The van der Waals surface area contributed by atoms with Crippen LogP contribution < -0.4 is 11.2 Å². The normalized spacial score (nSPS) is 10.8. The molecule has 6 nitrogen and oxygen atoms in total. The molecule has 0 radical (unpaired) electrons. The molecule has 0 spiro atoms. The van der Waals surface area contributed by atoms with Gasteiger partial charge in [-0.05, 0) is 12.1 Å². The zero-order valence-corrected chi connectivity index (χ0v) is 10.7. The number of nitrogens with zero attached hydrogens (tertiary/aromatic N) is 3. The highest BCUT2D eigenvalue weighted by molar-refractivity contribution is 7.09. The van der Waals surface area contributed by atoms with Gasteiger partial charge < -0.3 is 5.73 Å². The molecule has 3 N–H and O–H groups in total. The molecular weight excluding hydrogens is 262 g/mol. The predicted molar refractivity (Wildman–Crippen MR) is 73.4 cm³/mol. The van der Waals surface area contributed by atoms with Gasteiger partial charge in [-0.15, -0.1) is 11.3 Å². The summed E-state index contributed by atoms with van der Waals surface area (Å²) in [4.78, 5) is 20.4. The first-order valence-corrected chi connectivity index (χ1v) is 6.54. The number of rotatable bonds is 3. The van der Waals surface area contributed by atoms with Crippen molar-refractivity contribution in [2.24, 2.45) is 5.73 Å². The van der Waals surface area contributed by atoms with Crippen LogP contribution in [0.5, 0.6) is 0 Å². The molecule has 0 fully saturated rings. The Bertz CT molecular complexity index is 732. The molecule has 3 aromatic rings. The van der Waals surface area contributed by atoms with Crippen LogP contribution in [0.15, 0.2) is 36.0 Å². The van der Waals surface area contributed by atoms with Crippen molar-refractivity contribution in [3.63, 3.8) is 0 Å². The zero-order valence-electron chi connectivity index (χ0n) is 9.91. The number of carbonyl (C=O) groups is 1. The van der Waals surface area contributed by atoms with Crippen molar-refractivity contribution >= 4 is 28.3 Å². The number of carbonyl (C=O) groups excluding carboxylic acids is 1. The van der Waals surface area contributed by atoms with E-state index in [4.69, 9.17) is 5.73 Å². The van der Waals surface area contributed by atoms with E-state index >= 15 is 0 Å². The van der Waals surface area contributed by atoms with E-state index in [-0.39, 0.29) is 5.91 Å². The molecule has 2 heterocycles. The van der Waals surface area contributed by atoms with Crippen LogP contribution in [0, 0.1) is 0 Å². The Labute approximate surface area is 112 Å². The molecule has 0 aliphatic carbocycles. The molecule has 0 unspecified atom stereocenters. The number of thiazole rings is 1. The molecule has 0 aliphatic heterocycles. The maximum absolute atomic E-state index is 12.0. The number of aromatic nitrogens is 3. The van der Waals surface area contributed by atoms with Crippen LogP contribution in [-0.4, -0.2) is 20.6 Å². The molecule has 19 heavy (non-hydrogen) atoms. The maximum Gasteiger partial charge on any atom is 0.289 e. The largest absolute Gasteiger partial charge is 0.325 e. The van der Waals surface area contributed by atoms with Gasteiger partial charge in [0.2, 0.25) is 0 Å². The molecule has 1 aromatic carbocycles. The van der Waals surface area contributed by atoms with Crippen molar-refractivity contribution in [3.8, 4) is 0 Å². The zero-order chi connectivity index (χ0) is 13.2. The van der Waals surface area contributed by atoms with Gasteiger partial charge in [-0.25, -0.2) is 14.6 Å². The molecule has 7 heteroatoms. The first-order chi connectivity index (χ1) is 9.28. The molecule has 3 rings (SSSR count). The summed E-state index contributed by atoms with van der Waals surface area (Å²) in [6.07, 6.45) is 1.57. The highest BCUT2D eigenvalue weighted by Crippen LogP contribution is 2.12. The van der Waals surface area contributed by atoms with Crippen LogP contribution in [-0.2, 0) is 6.54 Å². The van der Waals surface area contributed by atoms with Gasteiger partial charge in [0.1, 0.15) is 17.0 Å². The number of nitrogens with one attached hydrogen (secondary N) is 1. The molecule has 0 saturated carbocycles. The minimum Gasteiger partial charge on any atom is -0.325 e. The lowest BCUT2D eigenvalue weighted by Crippen LogP contribution is -2.22. The minimum atomic E-state index is -0.279. The van der Waals surface area contributed by atoms with Crippen LogP contribution in [0.4, 0.5) is 0 Å². The fourth-order valence-corrected chi connectivity index (χ4v) is 2.38. The Kier molecular flexibility index (Phi) is 2.98. The second-order valence-corrected chi connectivity index (χ2v) is 4.82. The Morgan fingerprint density at radius 2 is 2.26 bits per heavy atom. The summed E-state index contributed by atoms with van der Waals surface area (Å²) in [7, 11) is 0. The van der Waals surface area contributed by atoms with Gasteiger partial charge >= 0.3 is 0 Å². The topological polar surface area (TPSA) is 85.8 Å². The molecule has 2 aromatic heterocycles. The lowest BCUT2D eigenvalue weighted by molar-refractivity contribution is 0.100. The Balaban J connectivity index is 1.86. The highest BCUT2D eigenvalue weighted by atomic mass is 32.1. The number of benzene rings is 1. The molecule has 0 aliphatic rings. The molecule has 1 amide bonds. The standard InChI is InChI=1S/C12H11N5OS/c13-5-11-15-9(6-19-11)12(18)16-17-7-14-8-3-1-2-4-10(8)17/h1-4,6-7H,5,13H2,(H,16,18). The molecule has 0 saturated heterocycles. The van der Waals surface area contributed by atoms with E-state index in [9.17, 15) is 4.79 Å². The highest BCUT2D eigenvalue weighted by Gasteiger charge is 2.11. The third-order valence-electron chi connectivity index (χ3n) is 2.63. The van der Waals surface area contributed by atoms with Crippen molar-refractivity contribution in [2.75, 3.05) is 5.43 Å². The smallest absolute Gasteiger partial charge is 0.289 e. The van der Waals surface area contributed by atoms with Gasteiger partial charge in [-0.2, -0.15) is 0 Å². The van der Waals surface area contributed by atoms with Crippen molar-refractivity contribution in [1.29, 1.82) is 0 Å². The number of amides is 1. The van der Waals surface area contributed by atoms with E-state index in [2.05, 4.69) is 15.4 Å². The van der Waals surface area contributed by atoms with Crippen LogP contribution in [0.1, 0.15) is 15.5 Å². The fourth-order valence-electron chi connectivity index (χ4n) is 1.72. The van der Waals surface area contributed by atoms with Gasteiger partial charge in [0.15, 0.2) is 0 Å².